The van der Waals surface area contributed by atoms with Crippen molar-refractivity contribution >= 4 is 5.97 Å². The van der Waals surface area contributed by atoms with Crippen molar-refractivity contribution in [1.29, 1.82) is 0 Å². The van der Waals surface area contributed by atoms with Gasteiger partial charge in [-0.05, 0) is 26.2 Å². The maximum atomic E-state index is 10.6. The molecule has 2 N–H and O–H groups in total. The van der Waals surface area contributed by atoms with Gasteiger partial charge in [0.25, 0.3) is 0 Å². The summed E-state index contributed by atoms with van der Waals surface area (Å²) in [7, 11) is 1.37. The van der Waals surface area contributed by atoms with Gasteiger partial charge in [0, 0.05) is 12.1 Å². The topological polar surface area (TPSA) is 52.3 Å². The Morgan fingerprint density at radius 2 is 2.33 bits per heavy atom. The number of hydrogen-bond acceptors (Lipinski definition) is 3. The smallest absolute Gasteiger partial charge is 0.330 e. The number of ether oxygens (including phenoxy) is 1. The van der Waals surface area contributed by atoms with E-state index in [4.69, 9.17) is 5.73 Å². The Balaban J connectivity index is 3.30. The first kappa shape index (κ1) is 11.2. The van der Waals surface area contributed by atoms with Crippen LogP contribution in [0.3, 0.4) is 0 Å². The molecule has 0 heterocycles. The molecule has 0 saturated heterocycles. The highest BCUT2D eigenvalue weighted by atomic mass is 16.5. The maximum absolute atomic E-state index is 10.6. The molecule has 0 amide bonds. The van der Waals surface area contributed by atoms with Gasteiger partial charge in [0.05, 0.1) is 7.11 Å². The van der Waals surface area contributed by atoms with Crippen molar-refractivity contribution in [3.05, 3.63) is 12.2 Å². The fourth-order valence-electron chi connectivity index (χ4n) is 0.805. The number of methoxy groups -OCH3 is 1. The lowest BCUT2D eigenvalue weighted by Crippen LogP contribution is -2.13. The highest BCUT2D eigenvalue weighted by Gasteiger charge is 1.92. The van der Waals surface area contributed by atoms with Crippen LogP contribution in [0.15, 0.2) is 12.2 Å². The Kier molecular flexibility index (Phi) is 6.38. The zero-order valence-electron chi connectivity index (χ0n) is 7.75. The Bertz CT molecular complexity index is 153. The molecule has 0 aromatic carbocycles. The third kappa shape index (κ3) is 7.28. The molecule has 0 bridgehead atoms. The standard InChI is InChI=1S/C9H17NO2/c1-8(10)6-4-3-5-7-9(11)12-2/h5,7-8H,3-4,6,10H2,1-2H3/b7-5-. The molecular weight excluding hydrogens is 154 g/mol. The highest BCUT2D eigenvalue weighted by molar-refractivity contribution is 5.81. The van der Waals surface area contributed by atoms with Gasteiger partial charge in [-0.25, -0.2) is 4.79 Å². The van der Waals surface area contributed by atoms with Crippen molar-refractivity contribution in [2.24, 2.45) is 5.73 Å². The summed E-state index contributed by atoms with van der Waals surface area (Å²) in [5, 5.41) is 0. The van der Waals surface area contributed by atoms with Gasteiger partial charge in [-0.15, -0.1) is 0 Å². The average molecular weight is 171 g/mol. The first-order valence-corrected chi connectivity index (χ1v) is 4.17. The molecule has 0 fully saturated rings. The first-order valence-electron chi connectivity index (χ1n) is 4.17. The van der Waals surface area contributed by atoms with E-state index in [9.17, 15) is 4.79 Å². The van der Waals surface area contributed by atoms with E-state index in [0.717, 1.165) is 19.3 Å². The van der Waals surface area contributed by atoms with E-state index < -0.39 is 0 Å². The molecule has 3 nitrogen and oxygen atoms in total. The molecule has 3 heteroatoms. The predicted octanol–water partition coefficient (Wildman–Crippen LogP) is 1.23. The quantitative estimate of drug-likeness (QED) is 0.384. The summed E-state index contributed by atoms with van der Waals surface area (Å²) in [6.45, 7) is 1.98. The summed E-state index contributed by atoms with van der Waals surface area (Å²) in [5.41, 5.74) is 5.54. The van der Waals surface area contributed by atoms with Crippen molar-refractivity contribution in [3.63, 3.8) is 0 Å². The molecule has 1 unspecified atom stereocenters. The number of rotatable bonds is 5. The van der Waals surface area contributed by atoms with Gasteiger partial charge in [0.1, 0.15) is 0 Å². The van der Waals surface area contributed by atoms with Crippen LogP contribution in [0.5, 0.6) is 0 Å². The zero-order chi connectivity index (χ0) is 9.40. The van der Waals surface area contributed by atoms with Gasteiger partial charge in [-0.1, -0.05) is 6.08 Å². The number of unbranched alkanes of at least 4 members (excludes halogenated alkanes) is 1. The minimum Gasteiger partial charge on any atom is -0.466 e. The molecule has 0 aromatic rings. The number of carbonyl (C=O) groups excluding carboxylic acids is 1. The van der Waals surface area contributed by atoms with Crippen LogP contribution in [-0.4, -0.2) is 19.1 Å². The lowest BCUT2D eigenvalue weighted by Gasteiger charge is -2.00. The SMILES string of the molecule is COC(=O)/C=C\CCCC(C)N. The number of hydrogen-bond donors (Lipinski definition) is 1. The van der Waals surface area contributed by atoms with Gasteiger partial charge in [0.15, 0.2) is 0 Å². The third-order valence-electron chi connectivity index (χ3n) is 1.49. The fraction of sp³-hybridized carbons (Fsp3) is 0.667. The normalized spacial score (nSPS) is 13.2. The molecule has 0 spiro atoms. The van der Waals surface area contributed by atoms with Crippen molar-refractivity contribution in [2.45, 2.75) is 32.2 Å². The van der Waals surface area contributed by atoms with E-state index in [1.165, 1.54) is 13.2 Å². The Hall–Kier alpha value is -0.830. The van der Waals surface area contributed by atoms with E-state index in [-0.39, 0.29) is 12.0 Å². The molecule has 70 valence electrons. The maximum Gasteiger partial charge on any atom is 0.330 e. The fourth-order valence-corrected chi connectivity index (χ4v) is 0.805. The van der Waals surface area contributed by atoms with Crippen LogP contribution in [0.1, 0.15) is 26.2 Å². The third-order valence-corrected chi connectivity index (χ3v) is 1.49. The summed E-state index contributed by atoms with van der Waals surface area (Å²) in [5.74, 6) is -0.296. The van der Waals surface area contributed by atoms with E-state index in [1.807, 2.05) is 13.0 Å². The van der Waals surface area contributed by atoms with Crippen LogP contribution in [0.2, 0.25) is 0 Å². The molecule has 0 aliphatic rings. The minimum atomic E-state index is -0.296. The Morgan fingerprint density at radius 1 is 1.67 bits per heavy atom. The number of allylic oxidation sites excluding steroid dienone is 1. The summed E-state index contributed by atoms with van der Waals surface area (Å²) in [6.07, 6.45) is 6.16. The van der Waals surface area contributed by atoms with Crippen molar-refractivity contribution < 1.29 is 9.53 Å². The summed E-state index contributed by atoms with van der Waals surface area (Å²) in [4.78, 5) is 10.6. The van der Waals surface area contributed by atoms with E-state index in [2.05, 4.69) is 4.74 Å². The molecule has 0 radical (unpaired) electrons. The summed E-state index contributed by atoms with van der Waals surface area (Å²) >= 11 is 0. The monoisotopic (exact) mass is 171 g/mol. The van der Waals surface area contributed by atoms with Crippen LogP contribution < -0.4 is 5.73 Å². The number of esters is 1. The van der Waals surface area contributed by atoms with Gasteiger partial charge in [0.2, 0.25) is 0 Å². The van der Waals surface area contributed by atoms with Crippen molar-refractivity contribution in [1.82, 2.24) is 0 Å². The second kappa shape index (κ2) is 6.85. The Morgan fingerprint density at radius 3 is 2.83 bits per heavy atom. The van der Waals surface area contributed by atoms with E-state index in [0.29, 0.717) is 0 Å². The summed E-state index contributed by atoms with van der Waals surface area (Å²) < 4.78 is 4.43. The molecule has 1 atom stereocenters. The van der Waals surface area contributed by atoms with Gasteiger partial charge < -0.3 is 10.5 Å². The second-order valence-corrected chi connectivity index (χ2v) is 2.83. The molecule has 0 aliphatic carbocycles. The van der Waals surface area contributed by atoms with Crippen LogP contribution in [0.4, 0.5) is 0 Å². The molecule has 0 aromatic heterocycles. The molecule has 0 saturated carbocycles. The Labute approximate surface area is 73.6 Å². The van der Waals surface area contributed by atoms with Crippen LogP contribution >= 0.6 is 0 Å². The van der Waals surface area contributed by atoms with Crippen LogP contribution in [0, 0.1) is 0 Å². The van der Waals surface area contributed by atoms with E-state index in [1.54, 1.807) is 0 Å². The van der Waals surface area contributed by atoms with Crippen LogP contribution in [-0.2, 0) is 9.53 Å². The molecular formula is C9H17NO2. The lowest BCUT2D eigenvalue weighted by atomic mass is 10.1. The predicted molar refractivity (Wildman–Crippen MR) is 48.7 cm³/mol. The highest BCUT2D eigenvalue weighted by Crippen LogP contribution is 1.99. The summed E-state index contributed by atoms with van der Waals surface area (Å²) in [6, 6.07) is 0.247. The second-order valence-electron chi connectivity index (χ2n) is 2.83. The van der Waals surface area contributed by atoms with Gasteiger partial charge in [-0.2, -0.15) is 0 Å². The average Bonchev–Trinajstić information content (AvgIpc) is 2.03. The molecule has 0 aliphatic heterocycles. The lowest BCUT2D eigenvalue weighted by molar-refractivity contribution is -0.134. The number of nitrogens with two attached hydrogens (primary N) is 1. The minimum absolute atomic E-state index is 0.247. The molecule has 0 rings (SSSR count). The number of carbonyl (C=O) groups is 1. The van der Waals surface area contributed by atoms with Gasteiger partial charge >= 0.3 is 5.97 Å². The largest absolute Gasteiger partial charge is 0.466 e. The van der Waals surface area contributed by atoms with Gasteiger partial charge in [-0.3, -0.25) is 0 Å². The zero-order valence-corrected chi connectivity index (χ0v) is 7.75. The van der Waals surface area contributed by atoms with Crippen molar-refractivity contribution in [3.8, 4) is 0 Å². The first-order chi connectivity index (χ1) is 5.66. The van der Waals surface area contributed by atoms with E-state index >= 15 is 0 Å². The molecule has 12 heavy (non-hydrogen) atoms. The van der Waals surface area contributed by atoms with Crippen molar-refractivity contribution in [2.75, 3.05) is 7.11 Å². The van der Waals surface area contributed by atoms with Crippen LogP contribution in [0.25, 0.3) is 0 Å².